The highest BCUT2D eigenvalue weighted by atomic mass is 16.5. The van der Waals surface area contributed by atoms with Gasteiger partial charge in [-0.2, -0.15) is 0 Å². The Kier molecular flexibility index (Phi) is 3.44. The SMILES string of the molecule is COc1ccccc1-c1cccc2c(CCN)c[nH]c12. The van der Waals surface area contributed by atoms with E-state index in [1.807, 2.05) is 18.2 Å². The van der Waals surface area contributed by atoms with Crippen molar-refractivity contribution in [2.75, 3.05) is 13.7 Å². The van der Waals surface area contributed by atoms with Gasteiger partial charge in [-0.15, -0.1) is 0 Å². The van der Waals surface area contributed by atoms with E-state index in [-0.39, 0.29) is 0 Å². The van der Waals surface area contributed by atoms with Crippen molar-refractivity contribution in [3.05, 3.63) is 54.2 Å². The molecule has 3 heteroatoms. The number of ether oxygens (including phenoxy) is 1. The number of para-hydroxylation sites is 2. The third-order valence-corrected chi connectivity index (χ3v) is 3.61. The third kappa shape index (κ3) is 2.06. The molecule has 3 N–H and O–H groups in total. The van der Waals surface area contributed by atoms with Crippen LogP contribution in [0.25, 0.3) is 22.0 Å². The summed E-state index contributed by atoms with van der Waals surface area (Å²) in [5.41, 5.74) is 10.3. The minimum Gasteiger partial charge on any atom is -0.496 e. The number of aromatic nitrogens is 1. The third-order valence-electron chi connectivity index (χ3n) is 3.61. The number of nitrogens with two attached hydrogens (primary N) is 1. The molecule has 0 amide bonds. The summed E-state index contributed by atoms with van der Waals surface area (Å²) in [5, 5.41) is 1.24. The van der Waals surface area contributed by atoms with Gasteiger partial charge in [-0.1, -0.05) is 36.4 Å². The fraction of sp³-hybridized carbons (Fsp3) is 0.176. The van der Waals surface area contributed by atoms with Crippen LogP contribution in [-0.2, 0) is 6.42 Å². The van der Waals surface area contributed by atoms with Crippen LogP contribution in [0.2, 0.25) is 0 Å². The molecule has 0 saturated carbocycles. The zero-order chi connectivity index (χ0) is 13.9. The fourth-order valence-electron chi connectivity index (χ4n) is 2.67. The van der Waals surface area contributed by atoms with Crippen LogP contribution in [0.5, 0.6) is 5.75 Å². The maximum atomic E-state index is 5.67. The zero-order valence-corrected chi connectivity index (χ0v) is 11.5. The van der Waals surface area contributed by atoms with Gasteiger partial charge in [-0.3, -0.25) is 0 Å². The molecule has 2 aromatic carbocycles. The number of benzene rings is 2. The van der Waals surface area contributed by atoms with Crippen molar-refractivity contribution in [1.29, 1.82) is 0 Å². The van der Waals surface area contributed by atoms with Crippen LogP contribution in [0.3, 0.4) is 0 Å². The Morgan fingerprint density at radius 3 is 2.65 bits per heavy atom. The molecule has 1 aromatic heterocycles. The summed E-state index contributed by atoms with van der Waals surface area (Å²) in [7, 11) is 1.70. The molecule has 1 heterocycles. The quantitative estimate of drug-likeness (QED) is 0.761. The number of nitrogens with one attached hydrogen (secondary N) is 1. The Morgan fingerprint density at radius 2 is 1.85 bits per heavy atom. The first-order chi connectivity index (χ1) is 9.85. The van der Waals surface area contributed by atoms with Gasteiger partial charge in [0.25, 0.3) is 0 Å². The Morgan fingerprint density at radius 1 is 1.05 bits per heavy atom. The highest BCUT2D eigenvalue weighted by Crippen LogP contribution is 2.35. The van der Waals surface area contributed by atoms with Gasteiger partial charge in [0.05, 0.1) is 12.6 Å². The van der Waals surface area contributed by atoms with Gasteiger partial charge in [0.15, 0.2) is 0 Å². The Labute approximate surface area is 118 Å². The van der Waals surface area contributed by atoms with Gasteiger partial charge in [0.2, 0.25) is 0 Å². The smallest absolute Gasteiger partial charge is 0.126 e. The van der Waals surface area contributed by atoms with E-state index in [0.29, 0.717) is 6.54 Å². The molecule has 3 nitrogen and oxygen atoms in total. The molecule has 0 fully saturated rings. The van der Waals surface area contributed by atoms with Gasteiger partial charge < -0.3 is 15.5 Å². The number of fused-ring (bicyclic) bond motifs is 1. The lowest BCUT2D eigenvalue weighted by Crippen LogP contribution is -2.01. The van der Waals surface area contributed by atoms with Crippen molar-refractivity contribution in [1.82, 2.24) is 4.98 Å². The molecule has 3 rings (SSSR count). The average Bonchev–Trinajstić information content (AvgIpc) is 2.91. The Hall–Kier alpha value is -2.26. The molecule has 0 spiro atoms. The molecule has 0 unspecified atom stereocenters. The lowest BCUT2D eigenvalue weighted by molar-refractivity contribution is 0.416. The second-order valence-corrected chi connectivity index (χ2v) is 4.78. The van der Waals surface area contributed by atoms with Gasteiger partial charge in [-0.25, -0.2) is 0 Å². The predicted molar refractivity (Wildman–Crippen MR) is 83.0 cm³/mol. The lowest BCUT2D eigenvalue weighted by atomic mass is 10.0. The molecule has 0 atom stereocenters. The predicted octanol–water partition coefficient (Wildman–Crippen LogP) is 3.34. The summed E-state index contributed by atoms with van der Waals surface area (Å²) in [6, 6.07) is 14.4. The first-order valence-electron chi connectivity index (χ1n) is 6.77. The minimum absolute atomic E-state index is 0.659. The summed E-state index contributed by atoms with van der Waals surface area (Å²) < 4.78 is 5.47. The molecule has 0 aliphatic rings. The maximum Gasteiger partial charge on any atom is 0.126 e. The number of H-pyrrole nitrogens is 1. The molecular weight excluding hydrogens is 248 g/mol. The zero-order valence-electron chi connectivity index (χ0n) is 11.5. The average molecular weight is 266 g/mol. The Balaban J connectivity index is 2.21. The monoisotopic (exact) mass is 266 g/mol. The van der Waals surface area contributed by atoms with Crippen LogP contribution in [-0.4, -0.2) is 18.6 Å². The van der Waals surface area contributed by atoms with Crippen LogP contribution in [0, 0.1) is 0 Å². The van der Waals surface area contributed by atoms with Crippen molar-refractivity contribution in [3.8, 4) is 16.9 Å². The van der Waals surface area contributed by atoms with Crippen LogP contribution >= 0.6 is 0 Å². The summed E-state index contributed by atoms with van der Waals surface area (Å²) >= 11 is 0. The van der Waals surface area contributed by atoms with E-state index >= 15 is 0 Å². The number of aromatic amines is 1. The van der Waals surface area contributed by atoms with E-state index in [4.69, 9.17) is 10.5 Å². The molecule has 102 valence electrons. The van der Waals surface area contributed by atoms with E-state index in [0.717, 1.165) is 28.8 Å². The van der Waals surface area contributed by atoms with E-state index in [1.165, 1.54) is 10.9 Å². The first-order valence-corrected chi connectivity index (χ1v) is 6.77. The van der Waals surface area contributed by atoms with Gasteiger partial charge in [-0.05, 0) is 24.6 Å². The summed E-state index contributed by atoms with van der Waals surface area (Å²) in [6.07, 6.45) is 2.94. The molecule has 0 aliphatic carbocycles. The molecule has 0 radical (unpaired) electrons. The standard InChI is InChI=1S/C17H18N2O/c1-20-16-8-3-2-5-14(16)15-7-4-6-13-12(9-10-18)11-19-17(13)15/h2-8,11,19H,9-10,18H2,1H3. The molecule has 0 saturated heterocycles. The van der Waals surface area contributed by atoms with Crippen molar-refractivity contribution < 1.29 is 4.74 Å². The second-order valence-electron chi connectivity index (χ2n) is 4.78. The summed E-state index contributed by atoms with van der Waals surface area (Å²) in [4.78, 5) is 3.38. The minimum atomic E-state index is 0.659. The first kappa shape index (κ1) is 12.8. The van der Waals surface area contributed by atoms with E-state index in [9.17, 15) is 0 Å². The Bertz CT molecular complexity index is 731. The normalized spacial score (nSPS) is 10.9. The number of hydrogen-bond donors (Lipinski definition) is 2. The van der Waals surface area contributed by atoms with Crippen LogP contribution < -0.4 is 10.5 Å². The van der Waals surface area contributed by atoms with Crippen LogP contribution in [0.4, 0.5) is 0 Å². The van der Waals surface area contributed by atoms with Crippen molar-refractivity contribution >= 4 is 10.9 Å². The van der Waals surface area contributed by atoms with E-state index in [2.05, 4.69) is 35.4 Å². The molecule has 0 bridgehead atoms. The topological polar surface area (TPSA) is 51.0 Å². The summed E-state index contributed by atoms with van der Waals surface area (Å²) in [6.45, 7) is 0.659. The molecule has 3 aromatic rings. The highest BCUT2D eigenvalue weighted by Gasteiger charge is 2.11. The number of hydrogen-bond acceptors (Lipinski definition) is 2. The van der Waals surface area contributed by atoms with Gasteiger partial charge >= 0.3 is 0 Å². The lowest BCUT2D eigenvalue weighted by Gasteiger charge is -2.09. The highest BCUT2D eigenvalue weighted by molar-refractivity contribution is 5.97. The van der Waals surface area contributed by atoms with Crippen molar-refractivity contribution in [2.24, 2.45) is 5.73 Å². The van der Waals surface area contributed by atoms with Gasteiger partial charge in [0.1, 0.15) is 5.75 Å². The van der Waals surface area contributed by atoms with Crippen molar-refractivity contribution in [2.45, 2.75) is 6.42 Å². The van der Waals surface area contributed by atoms with E-state index < -0.39 is 0 Å². The number of rotatable bonds is 4. The summed E-state index contributed by atoms with van der Waals surface area (Å²) in [5.74, 6) is 0.884. The van der Waals surface area contributed by atoms with Crippen LogP contribution in [0.1, 0.15) is 5.56 Å². The van der Waals surface area contributed by atoms with Crippen LogP contribution in [0.15, 0.2) is 48.7 Å². The van der Waals surface area contributed by atoms with Gasteiger partial charge in [0, 0.05) is 22.7 Å². The largest absolute Gasteiger partial charge is 0.496 e. The maximum absolute atomic E-state index is 5.67. The molecular formula is C17H18N2O. The van der Waals surface area contributed by atoms with E-state index in [1.54, 1.807) is 7.11 Å². The molecule has 20 heavy (non-hydrogen) atoms. The van der Waals surface area contributed by atoms with Crippen molar-refractivity contribution in [3.63, 3.8) is 0 Å². The fourth-order valence-corrected chi connectivity index (χ4v) is 2.67. The second kappa shape index (κ2) is 5.39. The molecule has 0 aliphatic heterocycles. The number of methoxy groups -OCH3 is 1.